The average Bonchev–Trinajstić information content (AvgIpc) is 2.84. The van der Waals surface area contributed by atoms with Crippen LogP contribution in [0.5, 0.6) is 0 Å². The molecule has 1 N–H and O–H groups in total. The number of hydrogen-bond acceptors (Lipinski definition) is 2. The summed E-state index contributed by atoms with van der Waals surface area (Å²) in [4.78, 5) is 3.37. The summed E-state index contributed by atoms with van der Waals surface area (Å²) in [6, 6.07) is 13.4. The van der Waals surface area contributed by atoms with Crippen LogP contribution in [0.1, 0.15) is 5.56 Å². The van der Waals surface area contributed by atoms with Gasteiger partial charge in [0.1, 0.15) is 12.1 Å². The maximum atomic E-state index is 12.0. The molecule has 0 atom stereocenters. The highest BCUT2D eigenvalue weighted by Crippen LogP contribution is 2.17. The van der Waals surface area contributed by atoms with Crippen LogP contribution in [0.25, 0.3) is 11.3 Å². The van der Waals surface area contributed by atoms with Crippen molar-refractivity contribution in [1.82, 2.24) is 4.98 Å². The number of halogens is 1. The van der Waals surface area contributed by atoms with Crippen LogP contribution in [-0.4, -0.2) is 4.98 Å². The minimum absolute atomic E-state index is 0.0579. The lowest BCUT2D eigenvalue weighted by molar-refractivity contribution is 0.541. The molecule has 2 nitrogen and oxygen atoms in total. The molecule has 2 aliphatic rings. The van der Waals surface area contributed by atoms with E-state index in [1.165, 1.54) is 11.6 Å². The van der Waals surface area contributed by atoms with Crippen LogP contribution in [0.3, 0.4) is 0 Å². The molecule has 0 saturated carbocycles. The van der Waals surface area contributed by atoms with E-state index in [0.29, 0.717) is 4.84 Å². The van der Waals surface area contributed by atoms with Crippen molar-refractivity contribution >= 4 is 12.2 Å². The Morgan fingerprint density at radius 3 is 2.20 bits per heavy atom. The topological polar surface area (TPSA) is 28.9 Å². The summed E-state index contributed by atoms with van der Waals surface area (Å²) in [5, 5.41) is 1.87. The van der Waals surface area contributed by atoms with Crippen molar-refractivity contribution in [3.63, 3.8) is 0 Å². The fraction of sp³-hybridized carbons (Fsp3) is 0.0625. The molecule has 2 aliphatic carbocycles. The molecule has 0 unspecified atom stereocenters. The van der Waals surface area contributed by atoms with Gasteiger partial charge in [-0.1, -0.05) is 42.0 Å². The summed E-state index contributed by atoms with van der Waals surface area (Å²) < 4.78 is 17.0. The normalized spacial score (nSPS) is 10.7. The first kappa shape index (κ1) is 12.8. The number of oxazole rings is 1. The highest BCUT2D eigenvalue weighted by Gasteiger charge is 2.02. The summed E-state index contributed by atoms with van der Waals surface area (Å²) in [5.41, 5.74) is 3.25. The van der Waals surface area contributed by atoms with Crippen LogP contribution >= 0.6 is 12.2 Å². The van der Waals surface area contributed by atoms with Crippen LogP contribution in [-0.2, 0) is 0 Å². The number of aromatic amines is 1. The third-order valence-corrected chi connectivity index (χ3v) is 3.36. The predicted molar refractivity (Wildman–Crippen MR) is 78.1 cm³/mol. The molecule has 1 aromatic carbocycles. The number of benzene rings is 2. The zero-order chi connectivity index (χ0) is 14.1. The fourth-order valence-electron chi connectivity index (χ4n) is 1.90. The van der Waals surface area contributed by atoms with Crippen molar-refractivity contribution in [3.05, 3.63) is 75.4 Å². The van der Waals surface area contributed by atoms with Crippen molar-refractivity contribution in [3.8, 4) is 11.3 Å². The van der Waals surface area contributed by atoms with Gasteiger partial charge in [-0.2, -0.15) is 0 Å². The molecule has 0 fully saturated rings. The fourth-order valence-corrected chi connectivity index (χ4v) is 2.06. The average molecular weight is 285 g/mol. The molecular formula is C16H12FNOS. The van der Waals surface area contributed by atoms with Gasteiger partial charge >= 0.3 is 0 Å². The molecule has 0 aliphatic heterocycles. The molecule has 0 bridgehead atoms. The SMILES string of the molecule is Cc1ccc(-c2coc(=S)[nH]2)cc1.Fc1cc2ccc1=2. The van der Waals surface area contributed by atoms with Crippen molar-refractivity contribution in [2.24, 2.45) is 0 Å². The Hall–Kier alpha value is -2.20. The van der Waals surface area contributed by atoms with E-state index < -0.39 is 0 Å². The molecule has 4 heteroatoms. The second-order valence-electron chi connectivity index (χ2n) is 4.62. The summed E-state index contributed by atoms with van der Waals surface area (Å²) in [6.45, 7) is 2.06. The third kappa shape index (κ3) is 2.42. The van der Waals surface area contributed by atoms with E-state index in [0.717, 1.165) is 21.7 Å². The lowest BCUT2D eigenvalue weighted by Gasteiger charge is -2.00. The van der Waals surface area contributed by atoms with Crippen molar-refractivity contribution in [2.75, 3.05) is 0 Å². The van der Waals surface area contributed by atoms with Gasteiger partial charge < -0.3 is 9.40 Å². The first-order chi connectivity index (χ1) is 9.63. The second kappa shape index (κ2) is 5.06. The molecule has 0 amide bonds. The molecular weight excluding hydrogens is 273 g/mol. The number of aryl methyl sites for hydroxylation is 1. The summed E-state index contributed by atoms with van der Waals surface area (Å²) in [6.07, 6.45) is 1.63. The Kier molecular flexibility index (Phi) is 3.24. The number of nitrogens with one attached hydrogen (secondary N) is 1. The van der Waals surface area contributed by atoms with E-state index in [1.54, 1.807) is 12.3 Å². The molecule has 1 heterocycles. The Balaban J connectivity index is 0.000000144. The zero-order valence-corrected chi connectivity index (χ0v) is 11.6. The van der Waals surface area contributed by atoms with Crippen molar-refractivity contribution < 1.29 is 8.81 Å². The number of aromatic nitrogens is 1. The maximum Gasteiger partial charge on any atom is 0.266 e. The molecule has 100 valence electrons. The predicted octanol–water partition coefficient (Wildman–Crippen LogP) is 4.74. The minimum Gasteiger partial charge on any atom is -0.437 e. The van der Waals surface area contributed by atoms with Gasteiger partial charge in [-0.3, -0.25) is 0 Å². The first-order valence-corrected chi connectivity index (χ1v) is 6.59. The van der Waals surface area contributed by atoms with Crippen molar-refractivity contribution in [2.45, 2.75) is 6.92 Å². The first-order valence-electron chi connectivity index (χ1n) is 6.18. The Bertz CT molecular complexity index is 893. The largest absolute Gasteiger partial charge is 0.437 e. The van der Waals surface area contributed by atoms with Crippen molar-refractivity contribution in [1.29, 1.82) is 0 Å². The second-order valence-corrected chi connectivity index (χ2v) is 4.99. The summed E-state index contributed by atoms with van der Waals surface area (Å²) >= 11 is 4.84. The highest BCUT2D eigenvalue weighted by molar-refractivity contribution is 7.71. The van der Waals surface area contributed by atoms with E-state index >= 15 is 0 Å². The van der Waals surface area contributed by atoms with Crippen LogP contribution in [0.4, 0.5) is 4.39 Å². The highest BCUT2D eigenvalue weighted by atomic mass is 32.1. The Morgan fingerprint density at radius 1 is 1.10 bits per heavy atom. The van der Waals surface area contributed by atoms with Crippen LogP contribution in [0.15, 0.2) is 53.1 Å². The maximum absolute atomic E-state index is 12.0. The number of hydrogen-bond donors (Lipinski definition) is 1. The van der Waals surface area contributed by atoms with Gasteiger partial charge in [-0.05, 0) is 30.4 Å². The van der Waals surface area contributed by atoms with Gasteiger partial charge in [0, 0.05) is 10.8 Å². The van der Waals surface area contributed by atoms with E-state index in [9.17, 15) is 4.39 Å². The lowest BCUT2D eigenvalue weighted by Crippen LogP contribution is -1.90. The third-order valence-electron chi connectivity index (χ3n) is 3.16. The van der Waals surface area contributed by atoms with Crippen LogP contribution in [0, 0.1) is 28.0 Å². The molecule has 0 saturated heterocycles. The molecule has 0 spiro atoms. The summed E-state index contributed by atoms with van der Waals surface area (Å²) in [7, 11) is 0. The van der Waals surface area contributed by atoms with E-state index in [2.05, 4.69) is 24.0 Å². The Morgan fingerprint density at radius 2 is 1.85 bits per heavy atom. The molecule has 2 aromatic rings. The van der Waals surface area contributed by atoms with Crippen LogP contribution in [0.2, 0.25) is 0 Å². The standard InChI is InChI=1S/C10H9NOS.C6H3F/c1-7-2-4-8(5-3-7)9-6-12-10(13)11-9;7-6-3-4-1-2-5(4)6/h2-6H,1H3,(H,11,13);1-3H. The molecule has 1 aromatic heterocycles. The van der Waals surface area contributed by atoms with E-state index in [-0.39, 0.29) is 5.82 Å². The smallest absolute Gasteiger partial charge is 0.266 e. The number of rotatable bonds is 1. The van der Waals surface area contributed by atoms with Crippen LogP contribution < -0.4 is 0 Å². The monoisotopic (exact) mass is 285 g/mol. The van der Waals surface area contributed by atoms with E-state index in [4.69, 9.17) is 16.6 Å². The summed E-state index contributed by atoms with van der Waals surface area (Å²) in [5.74, 6) is -0.0579. The molecule has 0 radical (unpaired) electrons. The van der Waals surface area contributed by atoms with Gasteiger partial charge in [-0.25, -0.2) is 4.39 Å². The van der Waals surface area contributed by atoms with E-state index in [1.807, 2.05) is 18.2 Å². The Labute approximate surface area is 120 Å². The minimum atomic E-state index is -0.0579. The van der Waals surface area contributed by atoms with Gasteiger partial charge in [0.25, 0.3) is 4.84 Å². The van der Waals surface area contributed by atoms with Gasteiger partial charge in [0.2, 0.25) is 0 Å². The quantitative estimate of drug-likeness (QED) is 0.512. The lowest BCUT2D eigenvalue weighted by atomic mass is 10.1. The van der Waals surface area contributed by atoms with Gasteiger partial charge in [-0.15, -0.1) is 0 Å². The number of H-pyrrole nitrogens is 1. The zero-order valence-electron chi connectivity index (χ0n) is 10.8. The molecule has 4 rings (SSSR count). The van der Waals surface area contributed by atoms with Gasteiger partial charge in [0.05, 0.1) is 5.69 Å². The molecule has 20 heavy (non-hydrogen) atoms. The van der Waals surface area contributed by atoms with Gasteiger partial charge in [0.15, 0.2) is 0 Å².